The van der Waals surface area contributed by atoms with Gasteiger partial charge in [0, 0.05) is 37.0 Å². The van der Waals surface area contributed by atoms with Crippen molar-refractivity contribution >= 4 is 5.82 Å². The number of aromatic nitrogens is 3. The molecule has 2 aliphatic heterocycles. The molecule has 4 heterocycles. The molecule has 2 saturated heterocycles. The van der Waals surface area contributed by atoms with E-state index in [1.165, 1.54) is 6.07 Å². The van der Waals surface area contributed by atoms with Gasteiger partial charge in [0.1, 0.15) is 17.7 Å². The highest BCUT2D eigenvalue weighted by Gasteiger charge is 2.43. The molecule has 8 heteroatoms. The number of fused-ring (bicyclic) bond motifs is 2. The molecule has 0 saturated carbocycles. The normalized spacial score (nSPS) is 24.8. The second-order valence-corrected chi connectivity index (χ2v) is 8.34. The van der Waals surface area contributed by atoms with Gasteiger partial charge in [-0.1, -0.05) is 6.07 Å². The summed E-state index contributed by atoms with van der Waals surface area (Å²) < 4.78 is 14.9. The molecular weight excluding hydrogens is 397 g/mol. The van der Waals surface area contributed by atoms with E-state index in [4.69, 9.17) is 0 Å². The van der Waals surface area contributed by atoms with Crippen LogP contribution in [0, 0.1) is 0 Å². The molecule has 2 bridgehead atoms. The first-order valence-corrected chi connectivity index (χ1v) is 10.5. The van der Waals surface area contributed by atoms with E-state index < -0.39 is 6.17 Å². The molecule has 31 heavy (non-hydrogen) atoms. The topological polar surface area (TPSA) is 94.1 Å². The summed E-state index contributed by atoms with van der Waals surface area (Å²) in [4.78, 5) is 24.9. The van der Waals surface area contributed by atoms with E-state index in [1.807, 2.05) is 18.0 Å². The van der Waals surface area contributed by atoms with Crippen molar-refractivity contribution in [3.05, 3.63) is 59.3 Å². The second-order valence-electron chi connectivity index (χ2n) is 8.34. The predicted molar refractivity (Wildman–Crippen MR) is 117 cm³/mol. The minimum Gasteiger partial charge on any atom is -0.507 e. The largest absolute Gasteiger partial charge is 0.507 e. The standard InChI is InChI=1S/C23H24FN5O2/c1-29(19-10-15-3-5-17(28-15)23(19)24)21-12-26-18(11-27-21)16-4-2-13(8-20(16)30)14-6-7-25-22(31)9-14/h2,4,6-9,11-12,15,17,19,23,28,30H,3,5,10H2,1H3,(H,25,31)/t15?,17-,19+,23-/m0/s1. The second kappa shape index (κ2) is 7.77. The summed E-state index contributed by atoms with van der Waals surface area (Å²) in [7, 11) is 1.86. The van der Waals surface area contributed by atoms with E-state index in [0.717, 1.165) is 24.8 Å². The Balaban J connectivity index is 1.37. The highest BCUT2D eigenvalue weighted by atomic mass is 19.1. The minimum atomic E-state index is -0.938. The van der Waals surface area contributed by atoms with E-state index in [2.05, 4.69) is 20.3 Å². The number of aromatic amines is 1. The summed E-state index contributed by atoms with van der Waals surface area (Å²) in [5, 5.41) is 13.9. The number of phenolic OH excluding ortho intramolecular Hbond substituents is 1. The maximum absolute atomic E-state index is 14.9. The molecule has 3 aromatic rings. The van der Waals surface area contributed by atoms with Crippen molar-refractivity contribution in [3.8, 4) is 28.1 Å². The number of anilines is 1. The first-order valence-electron chi connectivity index (χ1n) is 10.5. The van der Waals surface area contributed by atoms with Crippen LogP contribution in [0.15, 0.2) is 53.7 Å². The number of alkyl halides is 1. The van der Waals surface area contributed by atoms with Crippen LogP contribution in [-0.4, -0.2) is 51.4 Å². The Morgan fingerprint density at radius 1 is 1.13 bits per heavy atom. The SMILES string of the molecule is CN(c1cnc(-c2ccc(-c3cc[nH]c(=O)c3)cc2O)cn1)[C@@H]1CC2CC[C@H](N2)[C@@H]1F. The Labute approximate surface area is 179 Å². The average molecular weight is 421 g/mol. The third-order valence-corrected chi connectivity index (χ3v) is 6.43. The van der Waals surface area contributed by atoms with Gasteiger partial charge in [0.2, 0.25) is 5.56 Å². The molecule has 2 fully saturated rings. The van der Waals surface area contributed by atoms with Gasteiger partial charge >= 0.3 is 0 Å². The molecule has 5 rings (SSSR count). The number of H-pyrrole nitrogens is 1. The van der Waals surface area contributed by atoms with Gasteiger partial charge in [-0.2, -0.15) is 0 Å². The maximum Gasteiger partial charge on any atom is 0.248 e. The van der Waals surface area contributed by atoms with Gasteiger partial charge in [0.25, 0.3) is 0 Å². The van der Waals surface area contributed by atoms with Crippen molar-refractivity contribution in [1.29, 1.82) is 0 Å². The van der Waals surface area contributed by atoms with Gasteiger partial charge in [-0.25, -0.2) is 9.37 Å². The summed E-state index contributed by atoms with van der Waals surface area (Å²) in [5.41, 5.74) is 2.30. The van der Waals surface area contributed by atoms with Gasteiger partial charge in [0.15, 0.2) is 0 Å². The molecule has 0 amide bonds. The third kappa shape index (κ3) is 3.67. The lowest BCUT2D eigenvalue weighted by Crippen LogP contribution is -2.55. The third-order valence-electron chi connectivity index (χ3n) is 6.43. The molecule has 3 N–H and O–H groups in total. The van der Waals surface area contributed by atoms with Crippen LogP contribution >= 0.6 is 0 Å². The van der Waals surface area contributed by atoms with Crippen LogP contribution in [0.5, 0.6) is 5.75 Å². The Kier molecular flexibility index (Phi) is 4.94. The Bertz CT molecular complexity index is 1150. The monoisotopic (exact) mass is 421 g/mol. The number of hydrogen-bond acceptors (Lipinski definition) is 6. The number of piperidine rings is 1. The molecule has 0 radical (unpaired) electrons. The first-order chi connectivity index (χ1) is 15.0. The van der Waals surface area contributed by atoms with Crippen molar-refractivity contribution in [2.45, 2.75) is 43.6 Å². The number of phenols is 1. The van der Waals surface area contributed by atoms with Crippen molar-refractivity contribution < 1.29 is 9.50 Å². The summed E-state index contributed by atoms with van der Waals surface area (Å²) >= 11 is 0. The summed E-state index contributed by atoms with van der Waals surface area (Å²) in [6.45, 7) is 0. The number of benzene rings is 1. The van der Waals surface area contributed by atoms with Crippen LogP contribution in [0.3, 0.4) is 0 Å². The minimum absolute atomic E-state index is 0.0481. The molecule has 4 atom stereocenters. The molecule has 0 aliphatic carbocycles. The molecule has 1 aromatic carbocycles. The van der Waals surface area contributed by atoms with Crippen molar-refractivity contribution in [2.24, 2.45) is 0 Å². The van der Waals surface area contributed by atoms with Crippen molar-refractivity contribution in [3.63, 3.8) is 0 Å². The number of rotatable bonds is 4. The molecule has 2 aliphatic rings. The van der Waals surface area contributed by atoms with Crippen LogP contribution in [0.4, 0.5) is 10.2 Å². The van der Waals surface area contributed by atoms with Gasteiger partial charge in [-0.05, 0) is 48.6 Å². The van der Waals surface area contributed by atoms with E-state index in [1.54, 1.807) is 36.8 Å². The van der Waals surface area contributed by atoms with Crippen molar-refractivity contribution in [2.75, 3.05) is 11.9 Å². The fourth-order valence-electron chi connectivity index (χ4n) is 4.71. The zero-order chi connectivity index (χ0) is 21.5. The maximum atomic E-state index is 14.9. The smallest absolute Gasteiger partial charge is 0.248 e. The number of halogens is 1. The lowest BCUT2D eigenvalue weighted by atomic mass is 9.96. The van der Waals surface area contributed by atoms with Gasteiger partial charge < -0.3 is 20.3 Å². The van der Waals surface area contributed by atoms with Crippen LogP contribution in [0.2, 0.25) is 0 Å². The summed E-state index contributed by atoms with van der Waals surface area (Å²) in [6.07, 6.45) is 6.50. The first kappa shape index (κ1) is 19.7. The van der Waals surface area contributed by atoms with Gasteiger partial charge in [-0.3, -0.25) is 9.78 Å². The van der Waals surface area contributed by atoms with Crippen molar-refractivity contribution in [1.82, 2.24) is 20.3 Å². The zero-order valence-electron chi connectivity index (χ0n) is 17.1. The molecule has 2 aromatic heterocycles. The number of pyridine rings is 1. The lowest BCUT2D eigenvalue weighted by molar-refractivity contribution is 0.176. The lowest BCUT2D eigenvalue weighted by Gasteiger charge is -2.38. The Morgan fingerprint density at radius 2 is 1.97 bits per heavy atom. The van der Waals surface area contributed by atoms with Crippen LogP contribution < -0.4 is 15.8 Å². The quantitative estimate of drug-likeness (QED) is 0.600. The molecule has 7 nitrogen and oxygen atoms in total. The van der Waals surface area contributed by atoms with E-state index >= 15 is 0 Å². The fourth-order valence-corrected chi connectivity index (χ4v) is 4.71. The number of nitrogens with zero attached hydrogens (tertiary/aromatic N) is 3. The Morgan fingerprint density at radius 3 is 2.71 bits per heavy atom. The fraction of sp³-hybridized carbons (Fsp3) is 0.348. The molecular formula is C23H24FN5O2. The Hall–Kier alpha value is -3.26. The van der Waals surface area contributed by atoms with Crippen LogP contribution in [-0.2, 0) is 0 Å². The summed E-state index contributed by atoms with van der Waals surface area (Å²) in [6, 6.07) is 8.49. The number of aromatic hydroxyl groups is 1. The number of nitrogens with one attached hydrogen (secondary N) is 2. The number of hydrogen-bond donors (Lipinski definition) is 3. The van der Waals surface area contributed by atoms with Gasteiger partial charge in [-0.15, -0.1) is 0 Å². The predicted octanol–water partition coefficient (Wildman–Crippen LogP) is 2.87. The van der Waals surface area contributed by atoms with E-state index in [9.17, 15) is 14.3 Å². The zero-order valence-corrected chi connectivity index (χ0v) is 17.1. The van der Waals surface area contributed by atoms with Crippen LogP contribution in [0.1, 0.15) is 19.3 Å². The van der Waals surface area contributed by atoms with E-state index in [-0.39, 0.29) is 23.4 Å². The summed E-state index contributed by atoms with van der Waals surface area (Å²) in [5.74, 6) is 0.657. The van der Waals surface area contributed by atoms with Gasteiger partial charge in [0.05, 0.1) is 24.1 Å². The molecule has 0 spiro atoms. The molecule has 160 valence electrons. The highest BCUT2D eigenvalue weighted by Crippen LogP contribution is 2.34. The van der Waals surface area contributed by atoms with E-state index in [0.29, 0.717) is 28.7 Å². The molecule has 1 unspecified atom stereocenters. The van der Waals surface area contributed by atoms with Crippen LogP contribution in [0.25, 0.3) is 22.4 Å². The highest BCUT2D eigenvalue weighted by molar-refractivity contribution is 5.74. The average Bonchev–Trinajstić information content (AvgIpc) is 3.19.